The summed E-state index contributed by atoms with van der Waals surface area (Å²) in [5.41, 5.74) is -3.84. The highest BCUT2D eigenvalue weighted by Gasteiger charge is 2.69. The molecule has 0 spiro atoms. The first-order valence-electron chi connectivity index (χ1n) is 23.2. The third kappa shape index (κ3) is 13.0. The summed E-state index contributed by atoms with van der Waals surface area (Å²) in [6, 6.07) is 0. The zero-order valence-corrected chi connectivity index (χ0v) is 49.3. The minimum atomic E-state index is -4.60. The van der Waals surface area contributed by atoms with Crippen molar-refractivity contribution in [2.24, 2.45) is 47.3 Å². The van der Waals surface area contributed by atoms with Crippen LogP contribution in [0.2, 0.25) is 11.1 Å². The van der Waals surface area contributed by atoms with E-state index in [1.165, 1.54) is 0 Å². The third-order valence-corrected chi connectivity index (χ3v) is 28.6. The summed E-state index contributed by atoms with van der Waals surface area (Å²) in [4.78, 5) is 112. The quantitative estimate of drug-likeness (QED) is 0.0180. The molecule has 0 aliphatic carbocycles. The first-order chi connectivity index (χ1) is 32.0. The molecule has 0 saturated carbocycles. The Labute approximate surface area is 434 Å². The van der Waals surface area contributed by atoms with Gasteiger partial charge in [0.1, 0.15) is 7.57 Å². The van der Waals surface area contributed by atoms with Crippen molar-refractivity contribution in [2.75, 3.05) is 39.6 Å². The molecular weight excluding hydrogens is 1190 g/mol. The molecule has 0 aromatic carbocycles. The van der Waals surface area contributed by atoms with Crippen LogP contribution in [0.25, 0.3) is 0 Å². The average Bonchev–Trinajstić information content (AvgIpc) is 3.80. The van der Waals surface area contributed by atoms with Crippen LogP contribution >= 0.6 is 58.3 Å². The number of carbonyl (C=O) groups excluding carboxylic acids is 8. The fourth-order valence-corrected chi connectivity index (χ4v) is 25.1. The largest absolute Gasteiger partial charge is 0.497 e. The van der Waals surface area contributed by atoms with E-state index >= 15 is 0 Å². The Balaban J connectivity index is 2.40. The van der Waals surface area contributed by atoms with E-state index in [0.717, 1.165) is 0 Å². The van der Waals surface area contributed by atoms with Crippen molar-refractivity contribution in [3.63, 3.8) is 0 Å². The van der Waals surface area contributed by atoms with Crippen molar-refractivity contribution in [1.82, 2.24) is 0 Å². The van der Waals surface area contributed by atoms with Crippen molar-refractivity contribution < 1.29 is 83.9 Å². The number of rotatable bonds is 30. The SMILES string of the molecule is [B]P(I)C(C)(CC(C(=O)OCC)C(C(=O)OCC)C(CC)[Si](OCC)(OCC)O[Si](OCC)(OCC)C(CC)C1C(=O)OC(=O)C1CC(C)(P[B]I)C1C(=O)OC(=O)C1C)C1C(=O)OC(=O)C1C. The van der Waals surface area contributed by atoms with E-state index in [4.69, 9.17) is 53.1 Å². The number of carbonyl (C=O) groups is 8. The number of cyclic esters (lactones) is 6. The Morgan fingerprint density at radius 2 is 1.18 bits per heavy atom. The van der Waals surface area contributed by atoms with Gasteiger partial charge in [0, 0.05) is 42.7 Å². The Morgan fingerprint density at radius 1 is 0.706 bits per heavy atom. The van der Waals surface area contributed by atoms with E-state index in [9.17, 15) is 38.4 Å². The normalized spacial score (nSPS) is 26.4. The predicted molar refractivity (Wildman–Crippen MR) is 274 cm³/mol. The smallest absolute Gasteiger partial charge is 0.466 e. The van der Waals surface area contributed by atoms with Gasteiger partial charge in [0.15, 0.2) is 0 Å². The van der Waals surface area contributed by atoms with E-state index in [2.05, 4.69) is 22.4 Å². The number of hydrogen-bond donors (Lipinski definition) is 0. The van der Waals surface area contributed by atoms with E-state index in [0.29, 0.717) is 0 Å². The standard InChI is InChI=1S/C42H67B2I2O18P2Si2/c1-13-27(29(37(51)56-16-4)26(35(49)55-15-3)22-42(12,66(43)46)32-24(10)34(48)62-40(32)54)67(57-17-5,58-18-6)64-68(59-19-7,60-20-8)28(14-2)30-25(36(50)63-38(30)52)21-41(11,65-44-45)31-23(9)33(47)61-39(31)53/h23-32,65H,13-22H2,1-12H3. The van der Waals surface area contributed by atoms with Gasteiger partial charge in [-0.25, -0.2) is 0 Å². The number of halogens is 2. The highest BCUT2D eigenvalue weighted by atomic mass is 127. The topological polar surface area (TPSA) is 229 Å². The molecule has 0 aromatic heterocycles. The lowest BCUT2D eigenvalue weighted by atomic mass is 9.74. The second-order valence-electron chi connectivity index (χ2n) is 17.3. The van der Waals surface area contributed by atoms with E-state index in [-0.39, 0.29) is 73.8 Å². The van der Waals surface area contributed by atoms with Gasteiger partial charge >= 0.3 is 65.4 Å². The molecule has 0 amide bonds. The lowest BCUT2D eigenvalue weighted by molar-refractivity contribution is -0.162. The summed E-state index contributed by atoms with van der Waals surface area (Å²) in [5, 5.41) is -2.33. The number of ether oxygens (including phenoxy) is 5. The highest BCUT2D eigenvalue weighted by molar-refractivity contribution is 14.2. The summed E-state index contributed by atoms with van der Waals surface area (Å²) < 4.78 is 61.4. The van der Waals surface area contributed by atoms with Crippen LogP contribution in [0.3, 0.4) is 0 Å². The van der Waals surface area contributed by atoms with Crippen LogP contribution in [0, 0.1) is 47.3 Å². The maximum absolute atomic E-state index is 14.9. The van der Waals surface area contributed by atoms with Crippen molar-refractivity contribution in [3.05, 3.63) is 0 Å². The molecule has 14 atom stereocenters. The summed E-state index contributed by atoms with van der Waals surface area (Å²) in [6.07, 6.45) is -0.101. The van der Waals surface area contributed by atoms with Gasteiger partial charge in [-0.05, 0) is 72.4 Å². The zero-order chi connectivity index (χ0) is 51.5. The fraction of sp³-hybridized carbons (Fsp3) is 0.810. The van der Waals surface area contributed by atoms with Gasteiger partial charge in [-0.3, -0.25) is 38.4 Å². The van der Waals surface area contributed by atoms with Crippen molar-refractivity contribution in [2.45, 2.75) is 130 Å². The molecule has 3 aliphatic rings. The third-order valence-electron chi connectivity index (χ3n) is 13.3. The number of esters is 8. The monoisotopic (exact) mass is 1250 g/mol. The molecule has 3 aliphatic heterocycles. The van der Waals surface area contributed by atoms with Crippen LogP contribution in [0.5, 0.6) is 0 Å². The molecule has 18 nitrogen and oxygen atoms in total. The molecule has 3 radical (unpaired) electrons. The summed E-state index contributed by atoms with van der Waals surface area (Å²) in [6.45, 7) is 19.9. The molecule has 0 bridgehead atoms. The van der Waals surface area contributed by atoms with Gasteiger partial charge in [-0.1, -0.05) is 69.0 Å². The molecule has 3 heterocycles. The van der Waals surface area contributed by atoms with Gasteiger partial charge in [0.25, 0.3) is 0 Å². The molecule has 26 heteroatoms. The molecule has 3 fully saturated rings. The van der Waals surface area contributed by atoms with Gasteiger partial charge in [-0.2, -0.15) is 22.4 Å². The van der Waals surface area contributed by atoms with Crippen LogP contribution < -0.4 is 0 Å². The van der Waals surface area contributed by atoms with Crippen LogP contribution in [0.1, 0.15) is 109 Å². The van der Waals surface area contributed by atoms with E-state index in [1.807, 2.05) is 26.9 Å². The van der Waals surface area contributed by atoms with Crippen LogP contribution in [0.4, 0.5) is 0 Å². The van der Waals surface area contributed by atoms with Crippen molar-refractivity contribution in [1.29, 1.82) is 0 Å². The minimum Gasteiger partial charge on any atom is -0.466 e. The minimum absolute atomic E-state index is 0.0196. The summed E-state index contributed by atoms with van der Waals surface area (Å²) in [5.74, 6) is -15.3. The molecule has 3 saturated heterocycles. The molecule has 0 N–H and O–H groups in total. The lowest BCUT2D eigenvalue weighted by Crippen LogP contribution is -2.66. The summed E-state index contributed by atoms with van der Waals surface area (Å²) >= 11 is 4.05. The second kappa shape index (κ2) is 26.8. The highest BCUT2D eigenvalue weighted by Crippen LogP contribution is 2.63. The first-order valence-corrected chi connectivity index (χ1v) is 33.4. The summed E-state index contributed by atoms with van der Waals surface area (Å²) in [7, 11) is -2.44. The van der Waals surface area contributed by atoms with Crippen LogP contribution in [-0.4, -0.2) is 128 Å². The van der Waals surface area contributed by atoms with Crippen LogP contribution in [-0.2, 0) is 83.9 Å². The van der Waals surface area contributed by atoms with Gasteiger partial charge in [0.05, 0.1) is 60.6 Å². The predicted octanol–water partition coefficient (Wildman–Crippen LogP) is 6.79. The first kappa shape index (κ1) is 61.3. The molecule has 381 valence electrons. The van der Waals surface area contributed by atoms with Gasteiger partial charge in [0.2, 0.25) is 4.86 Å². The maximum atomic E-state index is 14.9. The molecular formula is C42H67B2I2O18P2Si2. The fourth-order valence-electron chi connectivity index (χ4n) is 10.3. The Morgan fingerprint density at radius 3 is 1.59 bits per heavy atom. The Hall–Kier alpha value is -0.956. The Kier molecular flexibility index (Phi) is 24.2. The Bertz CT molecular complexity index is 1830. The van der Waals surface area contributed by atoms with Gasteiger partial charge < -0.3 is 45.5 Å². The van der Waals surface area contributed by atoms with Crippen molar-refractivity contribution >= 4 is 136 Å². The maximum Gasteiger partial charge on any atom is 0.497 e. The van der Waals surface area contributed by atoms with Crippen LogP contribution in [0.15, 0.2) is 0 Å². The average molecular weight is 1250 g/mol. The van der Waals surface area contributed by atoms with Gasteiger partial charge in [-0.15, -0.1) is 8.46 Å². The van der Waals surface area contributed by atoms with E-state index in [1.54, 1.807) is 83.1 Å². The van der Waals surface area contributed by atoms with E-state index < -0.39 is 140 Å². The van der Waals surface area contributed by atoms with Crippen molar-refractivity contribution in [3.8, 4) is 0 Å². The lowest BCUT2D eigenvalue weighted by Gasteiger charge is -2.48. The second-order valence-corrected chi connectivity index (χ2v) is 31.5. The number of hydrogen-bond acceptors (Lipinski definition) is 18. The molecule has 14 unspecified atom stereocenters. The molecule has 3 rings (SSSR count). The zero-order valence-electron chi connectivity index (χ0n) is 41.1. The molecule has 68 heavy (non-hydrogen) atoms. The molecule has 0 aromatic rings.